The number of carboxylic acids is 2. The van der Waals surface area contributed by atoms with Gasteiger partial charge in [0, 0.05) is 49.3 Å². The standard InChI is InChI=1S/C20H25BrN2O.C2H2O4/c1-16-4-3-5-17(12-16)14-22-8-10-23(11-9-22)15-18-13-19(21)6-7-20(18)24-2;3-1(4)2(5)6/h3-7,12-13H,8-11,14-15H2,1-2H3;(H,3,4)(H,5,6). The van der Waals surface area contributed by atoms with Crippen molar-refractivity contribution >= 4 is 27.9 Å². The minimum Gasteiger partial charge on any atom is -0.496 e. The molecule has 2 N–H and O–H groups in total. The summed E-state index contributed by atoms with van der Waals surface area (Å²) in [4.78, 5) is 23.3. The molecule has 1 aliphatic rings. The fourth-order valence-electron chi connectivity index (χ4n) is 3.29. The normalized spacial score (nSPS) is 14.5. The average molecular weight is 479 g/mol. The van der Waals surface area contributed by atoms with Crippen molar-refractivity contribution in [2.45, 2.75) is 20.0 Å². The summed E-state index contributed by atoms with van der Waals surface area (Å²) in [6, 6.07) is 15.1. The van der Waals surface area contributed by atoms with E-state index in [0.29, 0.717) is 0 Å². The molecular formula is C22H27BrN2O5. The monoisotopic (exact) mass is 478 g/mol. The summed E-state index contributed by atoms with van der Waals surface area (Å²) in [6.45, 7) is 8.58. The van der Waals surface area contributed by atoms with Crippen LogP contribution in [0.4, 0.5) is 0 Å². The summed E-state index contributed by atoms with van der Waals surface area (Å²) >= 11 is 3.56. The number of rotatable bonds is 5. The number of benzene rings is 2. The molecule has 0 atom stereocenters. The van der Waals surface area contributed by atoms with Crippen LogP contribution in [0.3, 0.4) is 0 Å². The van der Waals surface area contributed by atoms with Gasteiger partial charge < -0.3 is 14.9 Å². The molecule has 7 nitrogen and oxygen atoms in total. The molecule has 1 fully saturated rings. The van der Waals surface area contributed by atoms with Gasteiger partial charge in [0.1, 0.15) is 5.75 Å². The topological polar surface area (TPSA) is 90.3 Å². The number of hydrogen-bond donors (Lipinski definition) is 2. The first kappa shape index (κ1) is 23.9. The van der Waals surface area contributed by atoms with Gasteiger partial charge in [0.2, 0.25) is 0 Å². The van der Waals surface area contributed by atoms with Crippen LogP contribution in [0.1, 0.15) is 16.7 Å². The van der Waals surface area contributed by atoms with E-state index in [1.807, 2.05) is 12.1 Å². The first-order valence-corrected chi connectivity index (χ1v) is 10.4. The number of halogens is 1. The largest absolute Gasteiger partial charge is 0.496 e. The molecule has 0 unspecified atom stereocenters. The highest BCUT2D eigenvalue weighted by atomic mass is 79.9. The number of methoxy groups -OCH3 is 1. The number of aliphatic carboxylic acids is 2. The molecular weight excluding hydrogens is 452 g/mol. The minimum absolute atomic E-state index is 0.945. The maximum absolute atomic E-state index is 9.10. The Balaban J connectivity index is 0.000000469. The maximum Gasteiger partial charge on any atom is 0.414 e. The molecule has 1 saturated heterocycles. The zero-order chi connectivity index (χ0) is 22.1. The highest BCUT2D eigenvalue weighted by molar-refractivity contribution is 9.10. The van der Waals surface area contributed by atoms with Gasteiger partial charge in [-0.2, -0.15) is 0 Å². The number of hydrogen-bond acceptors (Lipinski definition) is 5. The number of nitrogens with zero attached hydrogens (tertiary/aromatic N) is 2. The third kappa shape index (κ3) is 7.78. The Hall–Kier alpha value is -2.42. The van der Waals surface area contributed by atoms with Crippen molar-refractivity contribution in [2.75, 3.05) is 33.3 Å². The molecule has 8 heteroatoms. The Labute approximate surface area is 185 Å². The SMILES string of the molecule is COc1ccc(Br)cc1CN1CCN(Cc2cccc(C)c2)CC1.O=C(O)C(=O)O. The first-order valence-electron chi connectivity index (χ1n) is 9.57. The van der Waals surface area contributed by atoms with Crippen LogP contribution in [0, 0.1) is 6.92 Å². The molecule has 1 heterocycles. The van der Waals surface area contributed by atoms with Crippen LogP contribution >= 0.6 is 15.9 Å². The fourth-order valence-corrected chi connectivity index (χ4v) is 3.69. The molecule has 162 valence electrons. The number of aryl methyl sites for hydroxylation is 1. The van der Waals surface area contributed by atoms with E-state index in [1.54, 1.807) is 7.11 Å². The molecule has 0 spiro atoms. The van der Waals surface area contributed by atoms with E-state index in [0.717, 1.165) is 49.5 Å². The highest BCUT2D eigenvalue weighted by Gasteiger charge is 2.18. The van der Waals surface area contributed by atoms with Gasteiger partial charge in [-0.15, -0.1) is 0 Å². The van der Waals surface area contributed by atoms with Crippen molar-refractivity contribution in [3.05, 3.63) is 63.6 Å². The second kappa shape index (κ2) is 11.7. The maximum atomic E-state index is 9.10. The molecule has 0 saturated carbocycles. The Morgan fingerprint density at radius 3 is 2.10 bits per heavy atom. The lowest BCUT2D eigenvalue weighted by Crippen LogP contribution is -2.45. The van der Waals surface area contributed by atoms with E-state index in [9.17, 15) is 0 Å². The summed E-state index contributed by atoms with van der Waals surface area (Å²) in [5.74, 6) is -2.68. The van der Waals surface area contributed by atoms with Crippen molar-refractivity contribution in [2.24, 2.45) is 0 Å². The number of carboxylic acid groups (broad SMARTS) is 2. The van der Waals surface area contributed by atoms with Gasteiger partial charge in [-0.05, 0) is 30.7 Å². The Morgan fingerprint density at radius 2 is 1.57 bits per heavy atom. The van der Waals surface area contributed by atoms with Crippen molar-refractivity contribution in [3.8, 4) is 5.75 Å². The molecule has 0 amide bonds. The van der Waals surface area contributed by atoms with Gasteiger partial charge in [-0.1, -0.05) is 45.8 Å². The number of piperazine rings is 1. The van der Waals surface area contributed by atoms with Gasteiger partial charge in [0.15, 0.2) is 0 Å². The third-order valence-corrected chi connectivity index (χ3v) is 5.27. The predicted octanol–water partition coefficient (Wildman–Crippen LogP) is 3.24. The first-order chi connectivity index (χ1) is 14.3. The van der Waals surface area contributed by atoms with Gasteiger partial charge in [-0.25, -0.2) is 9.59 Å². The summed E-state index contributed by atoms with van der Waals surface area (Å²) in [5, 5.41) is 14.8. The summed E-state index contributed by atoms with van der Waals surface area (Å²) in [6.07, 6.45) is 0. The molecule has 0 aliphatic carbocycles. The predicted molar refractivity (Wildman–Crippen MR) is 118 cm³/mol. The highest BCUT2D eigenvalue weighted by Crippen LogP contribution is 2.25. The van der Waals surface area contributed by atoms with Crippen molar-refractivity contribution in [3.63, 3.8) is 0 Å². The lowest BCUT2D eigenvalue weighted by Gasteiger charge is -2.35. The van der Waals surface area contributed by atoms with Gasteiger partial charge in [-0.3, -0.25) is 9.80 Å². The zero-order valence-corrected chi connectivity index (χ0v) is 18.8. The summed E-state index contributed by atoms with van der Waals surface area (Å²) < 4.78 is 6.60. The lowest BCUT2D eigenvalue weighted by molar-refractivity contribution is -0.159. The van der Waals surface area contributed by atoms with E-state index in [1.165, 1.54) is 16.7 Å². The Morgan fingerprint density at radius 1 is 0.967 bits per heavy atom. The molecule has 0 bridgehead atoms. The molecule has 2 aromatic rings. The number of ether oxygens (including phenoxy) is 1. The smallest absolute Gasteiger partial charge is 0.414 e. The summed E-state index contributed by atoms with van der Waals surface area (Å²) in [5.41, 5.74) is 4.00. The van der Waals surface area contributed by atoms with Crippen LogP contribution in [0.15, 0.2) is 46.9 Å². The van der Waals surface area contributed by atoms with Gasteiger partial charge >= 0.3 is 11.9 Å². The van der Waals surface area contributed by atoms with E-state index < -0.39 is 11.9 Å². The van der Waals surface area contributed by atoms with E-state index in [2.05, 4.69) is 63.0 Å². The zero-order valence-electron chi connectivity index (χ0n) is 17.2. The van der Waals surface area contributed by atoms with Crippen molar-refractivity contribution in [1.29, 1.82) is 0 Å². The van der Waals surface area contributed by atoms with Gasteiger partial charge in [0.25, 0.3) is 0 Å². The second-order valence-electron chi connectivity index (χ2n) is 7.11. The van der Waals surface area contributed by atoms with E-state index in [4.69, 9.17) is 24.5 Å². The van der Waals surface area contributed by atoms with Crippen LogP contribution in [0.2, 0.25) is 0 Å². The molecule has 0 aromatic heterocycles. The van der Waals surface area contributed by atoms with E-state index in [-0.39, 0.29) is 0 Å². The molecule has 3 rings (SSSR count). The van der Waals surface area contributed by atoms with Crippen molar-refractivity contribution < 1.29 is 24.5 Å². The number of carbonyl (C=O) groups is 2. The van der Waals surface area contributed by atoms with Gasteiger partial charge in [0.05, 0.1) is 7.11 Å². The van der Waals surface area contributed by atoms with Crippen molar-refractivity contribution in [1.82, 2.24) is 9.80 Å². The van der Waals surface area contributed by atoms with Crippen LogP contribution in [0.25, 0.3) is 0 Å². The quantitative estimate of drug-likeness (QED) is 0.637. The summed E-state index contributed by atoms with van der Waals surface area (Å²) in [7, 11) is 1.74. The Kier molecular flexibility index (Phi) is 9.29. The van der Waals surface area contributed by atoms with Crippen LogP contribution < -0.4 is 4.74 Å². The molecule has 2 aromatic carbocycles. The fraction of sp³-hybridized carbons (Fsp3) is 0.364. The second-order valence-corrected chi connectivity index (χ2v) is 8.02. The average Bonchev–Trinajstić information content (AvgIpc) is 2.70. The van der Waals surface area contributed by atoms with E-state index >= 15 is 0 Å². The minimum atomic E-state index is -1.82. The molecule has 0 radical (unpaired) electrons. The van der Waals surface area contributed by atoms with Crippen LogP contribution in [0.5, 0.6) is 5.75 Å². The van der Waals surface area contributed by atoms with Crippen LogP contribution in [-0.2, 0) is 22.7 Å². The third-order valence-electron chi connectivity index (χ3n) is 4.77. The van der Waals surface area contributed by atoms with Crippen LogP contribution in [-0.4, -0.2) is 65.2 Å². The lowest BCUT2D eigenvalue weighted by atomic mass is 10.1. The molecule has 1 aliphatic heterocycles. The molecule has 30 heavy (non-hydrogen) atoms. The Bertz CT molecular complexity index is 854.